The lowest BCUT2D eigenvalue weighted by Gasteiger charge is -2.52. The quantitative estimate of drug-likeness (QED) is 0.664. The Morgan fingerprint density at radius 1 is 0.969 bits per heavy atom. The lowest BCUT2D eigenvalue weighted by Crippen LogP contribution is -2.56. The summed E-state index contributed by atoms with van der Waals surface area (Å²) in [5, 5.41) is 0. The number of amides is 3. The van der Waals surface area contributed by atoms with E-state index in [1.165, 1.54) is 25.7 Å². The Hall–Kier alpha value is -1.54. The van der Waals surface area contributed by atoms with E-state index in [0.29, 0.717) is 43.2 Å². The first kappa shape index (κ1) is 22.3. The lowest BCUT2D eigenvalue weighted by molar-refractivity contribution is -0.0157. The smallest absolute Gasteiger partial charge is 0.409 e. The molecule has 0 aromatic carbocycles. The van der Waals surface area contributed by atoms with Crippen LogP contribution in [0, 0.1) is 11.3 Å². The molecule has 0 aromatic rings. The van der Waals surface area contributed by atoms with Crippen molar-refractivity contribution < 1.29 is 19.1 Å². The van der Waals surface area contributed by atoms with Gasteiger partial charge in [-0.15, -0.1) is 0 Å². The van der Waals surface area contributed by atoms with Gasteiger partial charge in [-0.1, -0.05) is 0 Å². The molecule has 0 bridgehead atoms. The van der Waals surface area contributed by atoms with E-state index in [-0.39, 0.29) is 12.1 Å². The van der Waals surface area contributed by atoms with Gasteiger partial charge in [-0.3, -0.25) is 0 Å². The monoisotopic (exact) mass is 448 g/mol. The van der Waals surface area contributed by atoms with Gasteiger partial charge in [0.1, 0.15) is 0 Å². The summed E-state index contributed by atoms with van der Waals surface area (Å²) in [4.78, 5) is 33.9. The van der Waals surface area contributed by atoms with Gasteiger partial charge in [0, 0.05) is 44.8 Å². The molecule has 0 aromatic heterocycles. The molecule has 8 nitrogen and oxygen atoms in total. The number of piperidine rings is 1. The Balaban J connectivity index is 1.08. The van der Waals surface area contributed by atoms with Crippen LogP contribution in [0.2, 0.25) is 0 Å². The van der Waals surface area contributed by atoms with Gasteiger partial charge in [0.2, 0.25) is 0 Å². The SMILES string of the molecule is CCOC(=O)N1CCC2(CC(N3CCC(C4CCCN4C(=O)N4CCOCC4)CC3)C2)C1. The van der Waals surface area contributed by atoms with Gasteiger partial charge in [-0.05, 0) is 76.3 Å². The van der Waals surface area contributed by atoms with Gasteiger partial charge in [0.05, 0.1) is 19.8 Å². The molecule has 32 heavy (non-hydrogen) atoms. The summed E-state index contributed by atoms with van der Waals surface area (Å²) < 4.78 is 10.6. The van der Waals surface area contributed by atoms with Crippen molar-refractivity contribution in [2.75, 3.05) is 65.6 Å². The lowest BCUT2D eigenvalue weighted by atomic mass is 9.64. The van der Waals surface area contributed by atoms with E-state index in [0.717, 1.165) is 65.1 Å². The molecule has 1 atom stereocenters. The minimum atomic E-state index is -0.138. The summed E-state index contributed by atoms with van der Waals surface area (Å²) in [7, 11) is 0. The van der Waals surface area contributed by atoms with Crippen molar-refractivity contribution in [3.05, 3.63) is 0 Å². The number of hydrogen-bond acceptors (Lipinski definition) is 5. The van der Waals surface area contributed by atoms with Crippen molar-refractivity contribution >= 4 is 12.1 Å². The van der Waals surface area contributed by atoms with E-state index in [2.05, 4.69) is 9.80 Å². The van der Waals surface area contributed by atoms with Crippen LogP contribution in [0.1, 0.15) is 51.9 Å². The van der Waals surface area contributed by atoms with E-state index < -0.39 is 0 Å². The molecule has 0 N–H and O–H groups in total. The zero-order valence-electron chi connectivity index (χ0n) is 19.7. The summed E-state index contributed by atoms with van der Waals surface area (Å²) in [5.74, 6) is 0.638. The molecule has 5 aliphatic rings. The van der Waals surface area contributed by atoms with Crippen molar-refractivity contribution in [2.24, 2.45) is 11.3 Å². The van der Waals surface area contributed by atoms with Crippen molar-refractivity contribution in [3.8, 4) is 0 Å². The van der Waals surface area contributed by atoms with Gasteiger partial charge in [-0.2, -0.15) is 0 Å². The molecular weight excluding hydrogens is 408 g/mol. The van der Waals surface area contributed by atoms with Crippen LogP contribution in [0.3, 0.4) is 0 Å². The Labute approximate surface area is 192 Å². The number of urea groups is 1. The van der Waals surface area contributed by atoms with Gasteiger partial charge in [0.15, 0.2) is 0 Å². The predicted molar refractivity (Wildman–Crippen MR) is 120 cm³/mol. The largest absolute Gasteiger partial charge is 0.450 e. The maximum atomic E-state index is 13.1. The highest BCUT2D eigenvalue weighted by Gasteiger charge is 2.51. The van der Waals surface area contributed by atoms with E-state index in [4.69, 9.17) is 9.47 Å². The average molecular weight is 449 g/mol. The Morgan fingerprint density at radius 3 is 2.44 bits per heavy atom. The summed E-state index contributed by atoms with van der Waals surface area (Å²) in [5.41, 5.74) is 0.334. The average Bonchev–Trinajstić information content (AvgIpc) is 3.47. The predicted octanol–water partition coefficient (Wildman–Crippen LogP) is 2.63. The van der Waals surface area contributed by atoms with Crippen LogP contribution in [0.5, 0.6) is 0 Å². The summed E-state index contributed by atoms with van der Waals surface area (Å²) in [6.07, 6.45) is 8.14. The number of hydrogen-bond donors (Lipinski definition) is 0. The van der Waals surface area contributed by atoms with Crippen molar-refractivity contribution in [2.45, 2.75) is 64.0 Å². The van der Waals surface area contributed by atoms with Crippen molar-refractivity contribution in [3.63, 3.8) is 0 Å². The van der Waals surface area contributed by atoms with Crippen LogP contribution in [0.15, 0.2) is 0 Å². The maximum Gasteiger partial charge on any atom is 0.409 e. The van der Waals surface area contributed by atoms with E-state index in [1.807, 2.05) is 16.7 Å². The second-order valence-corrected chi connectivity index (χ2v) is 10.6. The number of likely N-dealkylation sites (tertiary alicyclic amines) is 3. The first-order chi connectivity index (χ1) is 15.6. The van der Waals surface area contributed by atoms with Crippen molar-refractivity contribution in [1.82, 2.24) is 19.6 Å². The molecule has 1 aliphatic carbocycles. The number of rotatable bonds is 3. The third-order valence-electron chi connectivity index (χ3n) is 8.76. The molecule has 8 heteroatoms. The fraction of sp³-hybridized carbons (Fsp3) is 0.917. The summed E-state index contributed by atoms with van der Waals surface area (Å²) in [6, 6.07) is 1.34. The fourth-order valence-electron chi connectivity index (χ4n) is 6.96. The van der Waals surface area contributed by atoms with Crippen LogP contribution in [-0.4, -0.2) is 109 Å². The molecular formula is C24H40N4O4. The molecule has 1 spiro atoms. The first-order valence-electron chi connectivity index (χ1n) is 12.9. The molecule has 5 fully saturated rings. The normalized spacial score (nSPS) is 34.2. The number of nitrogens with zero attached hydrogens (tertiary/aromatic N) is 4. The number of carbonyl (C=O) groups is 2. The van der Waals surface area contributed by atoms with Crippen molar-refractivity contribution in [1.29, 1.82) is 0 Å². The number of carbonyl (C=O) groups excluding carboxylic acids is 2. The Kier molecular flexibility index (Phi) is 6.52. The van der Waals surface area contributed by atoms with Crippen LogP contribution in [-0.2, 0) is 9.47 Å². The Morgan fingerprint density at radius 2 is 1.72 bits per heavy atom. The Bertz CT molecular complexity index is 683. The van der Waals surface area contributed by atoms with Gasteiger partial charge in [-0.25, -0.2) is 9.59 Å². The molecule has 4 heterocycles. The highest BCUT2D eigenvalue weighted by atomic mass is 16.6. The molecule has 4 saturated heterocycles. The van der Waals surface area contributed by atoms with E-state index >= 15 is 0 Å². The topological polar surface area (TPSA) is 65.6 Å². The van der Waals surface area contributed by atoms with Gasteiger partial charge >= 0.3 is 12.1 Å². The number of morpholine rings is 1. The van der Waals surface area contributed by atoms with Crippen LogP contribution >= 0.6 is 0 Å². The second kappa shape index (κ2) is 9.37. The van der Waals surface area contributed by atoms with E-state index in [1.54, 1.807) is 0 Å². The van der Waals surface area contributed by atoms with Crippen LogP contribution in [0.4, 0.5) is 9.59 Å². The molecule has 3 amide bonds. The third kappa shape index (κ3) is 4.32. The summed E-state index contributed by atoms with van der Waals surface area (Å²) >= 11 is 0. The third-order valence-corrected chi connectivity index (χ3v) is 8.76. The minimum absolute atomic E-state index is 0.138. The standard InChI is InChI=1S/C24H40N4O4/c1-2-32-23(30)27-11-7-24(18-27)16-20(17-24)25-9-5-19(6-10-25)21-4-3-8-28(21)22(29)26-12-14-31-15-13-26/h19-21H,2-18H2,1H3. The highest BCUT2D eigenvalue weighted by Crippen LogP contribution is 2.51. The van der Waals surface area contributed by atoms with Crippen LogP contribution in [0.25, 0.3) is 0 Å². The van der Waals surface area contributed by atoms with E-state index in [9.17, 15) is 9.59 Å². The first-order valence-corrected chi connectivity index (χ1v) is 12.9. The van der Waals surface area contributed by atoms with Gasteiger partial charge < -0.3 is 29.1 Å². The maximum absolute atomic E-state index is 13.1. The van der Waals surface area contributed by atoms with Crippen LogP contribution < -0.4 is 0 Å². The minimum Gasteiger partial charge on any atom is -0.450 e. The molecule has 180 valence electrons. The molecule has 0 radical (unpaired) electrons. The molecule has 1 unspecified atom stereocenters. The molecule has 1 saturated carbocycles. The fourth-order valence-corrected chi connectivity index (χ4v) is 6.96. The summed E-state index contributed by atoms with van der Waals surface area (Å²) in [6.45, 7) is 10.1. The molecule has 4 aliphatic heterocycles. The van der Waals surface area contributed by atoms with Gasteiger partial charge in [0.25, 0.3) is 0 Å². The number of ether oxygens (including phenoxy) is 2. The molecule has 5 rings (SSSR count). The highest BCUT2D eigenvalue weighted by molar-refractivity contribution is 5.75. The zero-order valence-corrected chi connectivity index (χ0v) is 19.7. The second-order valence-electron chi connectivity index (χ2n) is 10.6. The zero-order chi connectivity index (χ0) is 22.1.